The third kappa shape index (κ3) is 5.67. The molecule has 1 amide bonds. The Morgan fingerprint density at radius 3 is 2.50 bits per heavy atom. The summed E-state index contributed by atoms with van der Waals surface area (Å²) >= 11 is 7.48. The summed E-state index contributed by atoms with van der Waals surface area (Å²) in [4.78, 5) is 39.9. The maximum absolute atomic E-state index is 14.4. The van der Waals surface area contributed by atoms with Crippen LogP contribution in [0.3, 0.4) is 0 Å². The first kappa shape index (κ1) is 28.0. The molecule has 1 aliphatic rings. The molecule has 1 aliphatic heterocycles. The lowest BCUT2D eigenvalue weighted by Crippen LogP contribution is -2.37. The first-order chi connectivity index (χ1) is 19.3. The second kappa shape index (κ2) is 11.9. The summed E-state index contributed by atoms with van der Waals surface area (Å²) in [6.45, 7) is 9.37. The van der Waals surface area contributed by atoms with Gasteiger partial charge in [0.25, 0.3) is 11.5 Å². The largest absolute Gasteiger partial charge is 0.339 e. The maximum Gasteiger partial charge on any atom is 0.265 e. The van der Waals surface area contributed by atoms with Crippen LogP contribution in [0.15, 0.2) is 58.3 Å². The molecule has 5 rings (SSSR count). The molecule has 1 saturated heterocycles. The summed E-state index contributed by atoms with van der Waals surface area (Å²) in [5, 5.41) is 3.15. The summed E-state index contributed by atoms with van der Waals surface area (Å²) in [5.41, 5.74) is 6.37. The van der Waals surface area contributed by atoms with Crippen molar-refractivity contribution < 1.29 is 4.79 Å². The molecule has 0 atom stereocenters. The van der Waals surface area contributed by atoms with Gasteiger partial charge >= 0.3 is 0 Å². The minimum atomic E-state index is -0.221. The van der Waals surface area contributed by atoms with Crippen molar-refractivity contribution in [3.63, 3.8) is 0 Å². The molecule has 0 aliphatic carbocycles. The van der Waals surface area contributed by atoms with Gasteiger partial charge in [0, 0.05) is 35.3 Å². The van der Waals surface area contributed by atoms with Crippen LogP contribution in [0.5, 0.6) is 0 Å². The highest BCUT2D eigenvalue weighted by atomic mass is 35.5. The molecule has 0 N–H and O–H groups in total. The van der Waals surface area contributed by atoms with E-state index in [1.807, 2.05) is 80.6 Å². The number of piperidine rings is 1. The van der Waals surface area contributed by atoms with E-state index < -0.39 is 0 Å². The third-order valence-electron chi connectivity index (χ3n) is 7.07. The molecular formula is C32H33ClN4O2S. The first-order valence-corrected chi connectivity index (χ1v) is 14.9. The smallest absolute Gasteiger partial charge is 0.265 e. The van der Waals surface area contributed by atoms with E-state index >= 15 is 0 Å². The fraction of sp³-hybridized carbons (Fsp3) is 0.312. The van der Waals surface area contributed by atoms with Crippen molar-refractivity contribution in [2.24, 2.45) is 0 Å². The van der Waals surface area contributed by atoms with Crippen LogP contribution in [0.2, 0.25) is 5.02 Å². The summed E-state index contributed by atoms with van der Waals surface area (Å²) in [5.74, 6) is -0.0599. The number of hydrogen-bond acceptors (Lipinski definition) is 5. The van der Waals surface area contributed by atoms with E-state index in [0.717, 1.165) is 47.4 Å². The lowest BCUT2D eigenvalue weighted by molar-refractivity contribution is 0.0723. The van der Waals surface area contributed by atoms with E-state index in [1.165, 1.54) is 11.3 Å². The van der Waals surface area contributed by atoms with Crippen LogP contribution in [0.1, 0.15) is 67.3 Å². The molecule has 4 heterocycles. The van der Waals surface area contributed by atoms with Crippen molar-refractivity contribution in [1.82, 2.24) is 19.4 Å². The molecule has 0 saturated carbocycles. The number of benzene rings is 1. The molecule has 6 nitrogen and oxygen atoms in total. The van der Waals surface area contributed by atoms with Crippen LogP contribution in [-0.2, 0) is 6.42 Å². The number of carbonyl (C=O) groups is 1. The Kier molecular flexibility index (Phi) is 8.33. The number of nitrogens with zero attached hydrogens (tertiary/aromatic N) is 4. The van der Waals surface area contributed by atoms with Crippen molar-refractivity contribution in [2.45, 2.75) is 53.4 Å². The Balaban J connectivity index is 1.79. The zero-order chi connectivity index (χ0) is 28.4. The second-order valence-corrected chi connectivity index (χ2v) is 11.7. The van der Waals surface area contributed by atoms with Crippen LogP contribution in [0.4, 0.5) is 0 Å². The number of rotatable bonds is 6. The summed E-state index contributed by atoms with van der Waals surface area (Å²) < 4.78 is 1.68. The summed E-state index contributed by atoms with van der Waals surface area (Å²) in [7, 11) is 0. The van der Waals surface area contributed by atoms with Crippen molar-refractivity contribution in [1.29, 1.82) is 0 Å². The number of carbonyl (C=O) groups excluding carboxylic acids is 1. The number of pyridine rings is 2. The molecule has 1 aromatic carbocycles. The Hall–Kier alpha value is -3.55. The number of aryl methyl sites for hydroxylation is 2. The van der Waals surface area contributed by atoms with Crippen LogP contribution in [0.25, 0.3) is 33.6 Å². The van der Waals surface area contributed by atoms with Gasteiger partial charge in [-0.3, -0.25) is 19.1 Å². The highest BCUT2D eigenvalue weighted by Crippen LogP contribution is 2.31. The average molecular weight is 573 g/mol. The highest BCUT2D eigenvalue weighted by molar-refractivity contribution is 7.13. The molecule has 3 aromatic heterocycles. The molecule has 0 bridgehead atoms. The lowest BCUT2D eigenvalue weighted by Gasteiger charge is -2.28. The zero-order valence-corrected chi connectivity index (χ0v) is 24.9. The standard InChI is InChI=1S/C32H33ClN4O2S/c1-5-26-29(16-21(4)18-34-26)37-28(15-20(2)3)24(31(38)36-13-7-6-8-14-36)17-25(32(37)39)30-35-27(19-40-30)22-9-11-23(33)12-10-22/h9-12,15-19H,5-8,13-14H2,1-4H3. The summed E-state index contributed by atoms with van der Waals surface area (Å²) in [6.07, 6.45) is 7.48. The van der Waals surface area contributed by atoms with E-state index in [1.54, 1.807) is 10.6 Å². The number of allylic oxidation sites excluding steroid dienone is 1. The van der Waals surface area contributed by atoms with E-state index in [2.05, 4.69) is 4.98 Å². The molecule has 1 fully saturated rings. The van der Waals surface area contributed by atoms with Gasteiger partial charge in [-0.05, 0) is 82.4 Å². The maximum atomic E-state index is 14.4. The predicted octanol–water partition coefficient (Wildman–Crippen LogP) is 7.60. The molecular weight excluding hydrogens is 540 g/mol. The Morgan fingerprint density at radius 1 is 1.10 bits per heavy atom. The minimum Gasteiger partial charge on any atom is -0.339 e. The van der Waals surface area contributed by atoms with Crippen LogP contribution in [-0.4, -0.2) is 38.4 Å². The highest BCUT2D eigenvalue weighted by Gasteiger charge is 2.27. The van der Waals surface area contributed by atoms with Gasteiger partial charge in [0.1, 0.15) is 5.01 Å². The van der Waals surface area contributed by atoms with Gasteiger partial charge < -0.3 is 4.90 Å². The van der Waals surface area contributed by atoms with Crippen molar-refractivity contribution in [2.75, 3.05) is 13.1 Å². The zero-order valence-electron chi connectivity index (χ0n) is 23.3. The Labute approximate surface area is 244 Å². The molecule has 8 heteroatoms. The molecule has 0 spiro atoms. The van der Waals surface area contributed by atoms with Crippen molar-refractivity contribution in [3.8, 4) is 27.5 Å². The normalized spacial score (nSPS) is 13.4. The monoisotopic (exact) mass is 572 g/mol. The number of halogens is 1. The van der Waals surface area contributed by atoms with E-state index in [9.17, 15) is 9.59 Å². The van der Waals surface area contributed by atoms with Gasteiger partial charge in [-0.25, -0.2) is 4.98 Å². The topological polar surface area (TPSA) is 68.1 Å². The van der Waals surface area contributed by atoms with Crippen molar-refractivity contribution >= 4 is 34.9 Å². The minimum absolute atomic E-state index is 0.0599. The molecule has 0 unspecified atom stereocenters. The van der Waals surface area contributed by atoms with Gasteiger partial charge in [0.2, 0.25) is 0 Å². The molecule has 0 radical (unpaired) electrons. The van der Waals surface area contributed by atoms with E-state index in [-0.39, 0.29) is 11.5 Å². The fourth-order valence-electron chi connectivity index (χ4n) is 5.08. The van der Waals surface area contributed by atoms with Crippen LogP contribution < -0.4 is 5.56 Å². The van der Waals surface area contributed by atoms with Gasteiger partial charge in [0.05, 0.1) is 33.9 Å². The quantitative estimate of drug-likeness (QED) is 0.238. The van der Waals surface area contributed by atoms with Gasteiger partial charge in [-0.2, -0.15) is 0 Å². The number of likely N-dealkylation sites (tertiary alicyclic amines) is 1. The van der Waals surface area contributed by atoms with Crippen molar-refractivity contribution in [3.05, 3.63) is 91.4 Å². The van der Waals surface area contributed by atoms with Crippen LogP contribution in [0, 0.1) is 6.92 Å². The van der Waals surface area contributed by atoms with Crippen LogP contribution >= 0.6 is 22.9 Å². The third-order valence-corrected chi connectivity index (χ3v) is 8.20. The number of hydrogen-bond donors (Lipinski definition) is 0. The SMILES string of the molecule is CCc1ncc(C)cc1-n1c(C=C(C)C)c(C(=O)N2CCCCC2)cc(-c2nc(-c3ccc(Cl)cc3)cs2)c1=O. The van der Waals surface area contributed by atoms with Gasteiger partial charge in [-0.15, -0.1) is 11.3 Å². The van der Waals surface area contributed by atoms with E-state index in [4.69, 9.17) is 16.6 Å². The number of aromatic nitrogens is 3. The predicted molar refractivity (Wildman–Crippen MR) is 165 cm³/mol. The van der Waals surface area contributed by atoms with Gasteiger partial charge in [-0.1, -0.05) is 36.2 Å². The number of amides is 1. The molecule has 4 aromatic rings. The van der Waals surface area contributed by atoms with E-state index in [0.29, 0.717) is 52.0 Å². The molecule has 40 heavy (non-hydrogen) atoms. The second-order valence-electron chi connectivity index (χ2n) is 10.4. The average Bonchev–Trinajstić information content (AvgIpc) is 3.43. The Bertz CT molecular complexity index is 1640. The summed E-state index contributed by atoms with van der Waals surface area (Å²) in [6, 6.07) is 11.2. The first-order valence-electron chi connectivity index (χ1n) is 13.7. The lowest BCUT2D eigenvalue weighted by atomic mass is 10.0. The molecule has 206 valence electrons. The fourth-order valence-corrected chi connectivity index (χ4v) is 6.04. The Morgan fingerprint density at radius 2 is 1.82 bits per heavy atom. The number of thiazole rings is 1. The van der Waals surface area contributed by atoms with Gasteiger partial charge in [0.15, 0.2) is 0 Å².